The maximum atomic E-state index is 6.43. The fourth-order valence-corrected chi connectivity index (χ4v) is 3.21. The highest BCUT2D eigenvalue weighted by atomic mass is 35.5. The van der Waals surface area contributed by atoms with Crippen LogP contribution in [0.1, 0.15) is 18.4 Å². The summed E-state index contributed by atoms with van der Waals surface area (Å²) in [5.74, 6) is 0. The van der Waals surface area contributed by atoms with E-state index in [0.29, 0.717) is 0 Å². The Labute approximate surface area is 120 Å². The number of anilines is 1. The Morgan fingerprint density at radius 3 is 2.53 bits per heavy atom. The molecule has 0 bridgehead atoms. The van der Waals surface area contributed by atoms with Crippen molar-refractivity contribution < 1.29 is 0 Å². The van der Waals surface area contributed by atoms with Gasteiger partial charge in [-0.2, -0.15) is 0 Å². The molecular formula is C15H22ClN3. The third-order valence-electron chi connectivity index (χ3n) is 4.11. The van der Waals surface area contributed by atoms with Crippen LogP contribution in [0, 0.1) is 0 Å². The number of nitrogens with zero attached hydrogens (tertiary/aromatic N) is 2. The SMILES string of the molecule is CNCc1ccc(N2CCN(C3CC3)CC2)c(Cl)c1. The second kappa shape index (κ2) is 5.70. The first-order valence-corrected chi connectivity index (χ1v) is 7.58. The number of hydrogen-bond acceptors (Lipinski definition) is 3. The summed E-state index contributed by atoms with van der Waals surface area (Å²) in [4.78, 5) is 5.05. The number of rotatable bonds is 4. The Balaban J connectivity index is 1.65. The van der Waals surface area contributed by atoms with Gasteiger partial charge in [0.1, 0.15) is 0 Å². The van der Waals surface area contributed by atoms with E-state index in [1.807, 2.05) is 7.05 Å². The first-order valence-electron chi connectivity index (χ1n) is 7.20. The summed E-state index contributed by atoms with van der Waals surface area (Å²) in [6.07, 6.45) is 2.80. The first kappa shape index (κ1) is 13.2. The van der Waals surface area contributed by atoms with Crippen LogP contribution in [0.25, 0.3) is 0 Å². The molecule has 0 unspecified atom stereocenters. The van der Waals surface area contributed by atoms with E-state index in [-0.39, 0.29) is 0 Å². The van der Waals surface area contributed by atoms with Crippen LogP contribution in [0.15, 0.2) is 18.2 Å². The zero-order valence-corrected chi connectivity index (χ0v) is 12.3. The molecule has 1 aliphatic carbocycles. The molecule has 104 valence electrons. The molecule has 1 saturated heterocycles. The van der Waals surface area contributed by atoms with E-state index in [0.717, 1.165) is 30.7 Å². The predicted molar refractivity (Wildman–Crippen MR) is 81.0 cm³/mol. The van der Waals surface area contributed by atoms with Gasteiger partial charge >= 0.3 is 0 Å². The fraction of sp³-hybridized carbons (Fsp3) is 0.600. The van der Waals surface area contributed by atoms with Crippen LogP contribution >= 0.6 is 11.6 Å². The van der Waals surface area contributed by atoms with Crippen molar-refractivity contribution in [3.63, 3.8) is 0 Å². The summed E-state index contributed by atoms with van der Waals surface area (Å²) >= 11 is 6.43. The summed E-state index contributed by atoms with van der Waals surface area (Å²) < 4.78 is 0. The molecule has 0 atom stereocenters. The Morgan fingerprint density at radius 2 is 1.95 bits per heavy atom. The molecule has 1 aliphatic heterocycles. The molecule has 2 aliphatic rings. The van der Waals surface area contributed by atoms with Gasteiger partial charge in [-0.1, -0.05) is 17.7 Å². The predicted octanol–water partition coefficient (Wildman–Crippen LogP) is 2.34. The minimum atomic E-state index is 0.870. The van der Waals surface area contributed by atoms with Gasteiger partial charge in [0.15, 0.2) is 0 Å². The maximum absolute atomic E-state index is 6.43. The highest BCUT2D eigenvalue weighted by molar-refractivity contribution is 6.33. The van der Waals surface area contributed by atoms with Crippen molar-refractivity contribution in [3.8, 4) is 0 Å². The molecule has 0 spiro atoms. The maximum Gasteiger partial charge on any atom is 0.0642 e. The third-order valence-corrected chi connectivity index (χ3v) is 4.41. The zero-order valence-electron chi connectivity index (χ0n) is 11.5. The average Bonchev–Trinajstić information content (AvgIpc) is 3.24. The highest BCUT2D eigenvalue weighted by Gasteiger charge is 2.31. The molecular weight excluding hydrogens is 258 g/mol. The van der Waals surface area contributed by atoms with Crippen LogP contribution < -0.4 is 10.2 Å². The van der Waals surface area contributed by atoms with E-state index in [1.165, 1.54) is 37.2 Å². The molecule has 0 amide bonds. The van der Waals surface area contributed by atoms with E-state index < -0.39 is 0 Å². The van der Waals surface area contributed by atoms with Crippen LogP contribution in [0.5, 0.6) is 0 Å². The number of hydrogen-bond donors (Lipinski definition) is 1. The Kier molecular flexibility index (Phi) is 3.96. The molecule has 1 N–H and O–H groups in total. The number of halogens is 1. The molecule has 3 nitrogen and oxygen atoms in total. The summed E-state index contributed by atoms with van der Waals surface area (Å²) in [7, 11) is 1.96. The van der Waals surface area contributed by atoms with E-state index in [1.54, 1.807) is 0 Å². The molecule has 3 rings (SSSR count). The number of benzene rings is 1. The highest BCUT2D eigenvalue weighted by Crippen LogP contribution is 2.31. The third kappa shape index (κ3) is 3.04. The fourth-order valence-electron chi connectivity index (χ4n) is 2.89. The Bertz CT molecular complexity index is 437. The second-order valence-corrected chi connectivity index (χ2v) is 5.98. The molecule has 2 fully saturated rings. The lowest BCUT2D eigenvalue weighted by Crippen LogP contribution is -2.47. The van der Waals surface area contributed by atoms with Gasteiger partial charge in [0.25, 0.3) is 0 Å². The normalized spacial score (nSPS) is 20.8. The zero-order chi connectivity index (χ0) is 13.2. The molecule has 1 aromatic carbocycles. The van der Waals surface area contributed by atoms with Crippen molar-refractivity contribution in [2.45, 2.75) is 25.4 Å². The number of nitrogens with one attached hydrogen (secondary N) is 1. The van der Waals surface area contributed by atoms with Gasteiger partial charge in [-0.05, 0) is 37.6 Å². The summed E-state index contributed by atoms with van der Waals surface area (Å²) in [5, 5.41) is 4.04. The molecule has 1 heterocycles. The van der Waals surface area contributed by atoms with E-state index >= 15 is 0 Å². The van der Waals surface area contributed by atoms with Gasteiger partial charge in [-0.25, -0.2) is 0 Å². The lowest BCUT2D eigenvalue weighted by Gasteiger charge is -2.36. The monoisotopic (exact) mass is 279 g/mol. The van der Waals surface area contributed by atoms with Crippen LogP contribution in [0.3, 0.4) is 0 Å². The topological polar surface area (TPSA) is 18.5 Å². The van der Waals surface area contributed by atoms with Crippen molar-refractivity contribution in [2.75, 3.05) is 38.1 Å². The summed E-state index contributed by atoms with van der Waals surface area (Å²) in [5.41, 5.74) is 2.44. The van der Waals surface area contributed by atoms with Gasteiger partial charge in [0.05, 0.1) is 10.7 Å². The van der Waals surface area contributed by atoms with Gasteiger partial charge in [0.2, 0.25) is 0 Å². The van der Waals surface area contributed by atoms with Crippen LogP contribution in [-0.2, 0) is 6.54 Å². The van der Waals surface area contributed by atoms with Gasteiger partial charge in [-0.15, -0.1) is 0 Å². The van der Waals surface area contributed by atoms with Gasteiger partial charge in [0, 0.05) is 38.8 Å². The van der Waals surface area contributed by atoms with Crippen molar-refractivity contribution in [1.29, 1.82) is 0 Å². The van der Waals surface area contributed by atoms with E-state index in [2.05, 4.69) is 33.3 Å². The quantitative estimate of drug-likeness (QED) is 0.913. The van der Waals surface area contributed by atoms with Gasteiger partial charge < -0.3 is 10.2 Å². The van der Waals surface area contributed by atoms with Crippen molar-refractivity contribution in [3.05, 3.63) is 28.8 Å². The summed E-state index contributed by atoms with van der Waals surface area (Å²) in [6, 6.07) is 7.31. The molecule has 0 radical (unpaired) electrons. The first-order chi connectivity index (χ1) is 9.28. The Morgan fingerprint density at radius 1 is 1.21 bits per heavy atom. The molecule has 19 heavy (non-hydrogen) atoms. The largest absolute Gasteiger partial charge is 0.368 e. The van der Waals surface area contributed by atoms with Crippen LogP contribution in [0.4, 0.5) is 5.69 Å². The number of piperazine rings is 1. The van der Waals surface area contributed by atoms with Crippen LogP contribution in [0.2, 0.25) is 5.02 Å². The lowest BCUT2D eigenvalue weighted by molar-refractivity contribution is 0.248. The standard InChI is InChI=1S/C15H22ClN3/c1-17-11-12-2-5-15(14(16)10-12)19-8-6-18(7-9-19)13-3-4-13/h2,5,10,13,17H,3-4,6-9,11H2,1H3. The Hall–Kier alpha value is -0.770. The van der Waals surface area contributed by atoms with Crippen molar-refractivity contribution >= 4 is 17.3 Å². The van der Waals surface area contributed by atoms with Crippen molar-refractivity contribution in [1.82, 2.24) is 10.2 Å². The summed E-state index contributed by atoms with van der Waals surface area (Å²) in [6.45, 7) is 5.43. The molecule has 1 aromatic rings. The minimum Gasteiger partial charge on any atom is -0.368 e. The average molecular weight is 280 g/mol. The van der Waals surface area contributed by atoms with E-state index in [4.69, 9.17) is 11.6 Å². The molecule has 0 aromatic heterocycles. The smallest absolute Gasteiger partial charge is 0.0642 e. The minimum absolute atomic E-state index is 0.870. The van der Waals surface area contributed by atoms with Gasteiger partial charge in [-0.3, -0.25) is 4.90 Å². The molecule has 4 heteroatoms. The van der Waals surface area contributed by atoms with Crippen molar-refractivity contribution in [2.24, 2.45) is 0 Å². The second-order valence-electron chi connectivity index (χ2n) is 5.57. The lowest BCUT2D eigenvalue weighted by atomic mass is 10.1. The van der Waals surface area contributed by atoms with Crippen LogP contribution in [-0.4, -0.2) is 44.2 Å². The van der Waals surface area contributed by atoms with E-state index in [9.17, 15) is 0 Å². The molecule has 1 saturated carbocycles.